The number of nitrogens with two attached hydrogens (primary N) is 1. The SMILES string of the molecule is C#CC=C1/C(=C\C/C2=C(\C(=O)OC)c3[nH]c4ccccc4c3CCN3C[C@@H]2CC(O)(CC)C3)[C@]23CCN4CC=C[C@](CC)(C42)[C@@H](O)[C@](O)(C(N)=O)C3N1C. The van der Waals surface area contributed by atoms with Crippen LogP contribution in [0.15, 0.2) is 65.4 Å². The number of amides is 1. The van der Waals surface area contributed by atoms with Gasteiger partial charge in [-0.15, -0.1) is 6.42 Å². The zero-order chi connectivity index (χ0) is 38.4. The Morgan fingerprint density at radius 3 is 2.65 bits per heavy atom. The van der Waals surface area contributed by atoms with Gasteiger partial charge >= 0.3 is 5.97 Å². The number of esters is 1. The molecule has 9 atom stereocenters. The number of carbonyl (C=O) groups excluding carboxylic acids is 2. The van der Waals surface area contributed by atoms with Crippen molar-refractivity contribution in [3.05, 3.63) is 76.7 Å². The number of aliphatic hydroxyl groups excluding tert-OH is 1. The number of likely N-dealkylation sites (N-methyl/N-ethyl adjacent to an activating group) is 1. The molecule has 6 aliphatic rings. The van der Waals surface area contributed by atoms with Crippen molar-refractivity contribution in [3.63, 3.8) is 0 Å². The molecule has 4 unspecified atom stereocenters. The van der Waals surface area contributed by atoms with Crippen molar-refractivity contribution in [2.45, 2.75) is 81.8 Å². The molecule has 3 saturated heterocycles. The number of hydrogen-bond donors (Lipinski definition) is 5. The highest BCUT2D eigenvalue weighted by Gasteiger charge is 2.79. The van der Waals surface area contributed by atoms with Crippen molar-refractivity contribution in [1.29, 1.82) is 0 Å². The topological polar surface area (TPSA) is 156 Å². The molecule has 1 aromatic heterocycles. The Kier molecular flexibility index (Phi) is 8.83. The lowest BCUT2D eigenvalue weighted by atomic mass is 9.47. The standard InChI is InChI=1S/C43H53N5O6/c1-6-12-32-30(42-19-22-48-20-11-18-41(8-3,36(42)48)38(50)43(53,39(44)51)37(42)46(32)4)16-15-27-26-23-40(52,7-2)25-47(24-26)21-17-29-28-13-9-10-14-31(28)45-34(29)33(27)35(49)54-5/h1,9-14,16,18,26,36-38,45,50,52-53H,7-8,15,17,19-25H2,2-5H3,(H2,44,51)/b30-16+,32-12?,33-27+/t26-,36?,37?,38+,40?,41+,42+,43-/m0/s1. The third-order valence-electron chi connectivity index (χ3n) is 14.3. The monoisotopic (exact) mass is 735 g/mol. The number of H-pyrrole nitrogens is 1. The van der Waals surface area contributed by atoms with Gasteiger partial charge in [0.15, 0.2) is 5.60 Å². The molecule has 1 aliphatic carbocycles. The molecular formula is C43H53N5O6. The van der Waals surface area contributed by atoms with Crippen molar-refractivity contribution < 1.29 is 29.6 Å². The van der Waals surface area contributed by atoms with E-state index in [2.05, 4.69) is 32.8 Å². The number of nitrogens with zero attached hydrogens (tertiary/aromatic N) is 3. The van der Waals surface area contributed by atoms with Crippen molar-refractivity contribution in [3.8, 4) is 12.3 Å². The molecule has 2 bridgehead atoms. The summed E-state index contributed by atoms with van der Waals surface area (Å²) in [6.07, 6.45) is 15.5. The van der Waals surface area contributed by atoms with Crippen LogP contribution in [0.4, 0.5) is 0 Å². The summed E-state index contributed by atoms with van der Waals surface area (Å²) in [5.41, 5.74) is 6.61. The first-order valence-corrected chi connectivity index (χ1v) is 19.4. The van der Waals surface area contributed by atoms with Crippen LogP contribution < -0.4 is 5.73 Å². The fourth-order valence-electron chi connectivity index (χ4n) is 12.0. The molecule has 2 aromatic rings. The molecule has 1 amide bonds. The second-order valence-electron chi connectivity index (χ2n) is 16.6. The average Bonchev–Trinajstić information content (AvgIpc) is 3.81. The molecule has 11 heteroatoms. The summed E-state index contributed by atoms with van der Waals surface area (Å²) in [7, 11) is 3.22. The Morgan fingerprint density at radius 1 is 1.17 bits per heavy atom. The summed E-state index contributed by atoms with van der Waals surface area (Å²) in [4.78, 5) is 38.0. The first-order valence-electron chi connectivity index (χ1n) is 19.4. The van der Waals surface area contributed by atoms with Crippen molar-refractivity contribution in [2.75, 3.05) is 46.9 Å². The maximum absolute atomic E-state index is 14.3. The van der Waals surface area contributed by atoms with E-state index in [-0.39, 0.29) is 12.0 Å². The highest BCUT2D eigenvalue weighted by molar-refractivity contribution is 6.18. The van der Waals surface area contributed by atoms with Crippen LogP contribution in [0, 0.1) is 29.1 Å². The summed E-state index contributed by atoms with van der Waals surface area (Å²) < 4.78 is 5.59. The largest absolute Gasteiger partial charge is 0.465 e. The van der Waals surface area contributed by atoms with E-state index in [1.807, 2.05) is 56.1 Å². The van der Waals surface area contributed by atoms with Gasteiger partial charge in [-0.25, -0.2) is 4.79 Å². The molecule has 1 saturated carbocycles. The number of para-hydroxylation sites is 1. The van der Waals surface area contributed by atoms with Gasteiger partial charge in [-0.3, -0.25) is 14.6 Å². The summed E-state index contributed by atoms with van der Waals surface area (Å²) in [5.74, 6) is 1.10. The van der Waals surface area contributed by atoms with Gasteiger partial charge in [-0.2, -0.15) is 0 Å². The molecule has 6 heterocycles. The summed E-state index contributed by atoms with van der Waals surface area (Å²) in [6, 6.07) is 6.90. The van der Waals surface area contributed by atoms with E-state index in [0.717, 1.165) is 39.9 Å². The van der Waals surface area contributed by atoms with E-state index in [9.17, 15) is 24.9 Å². The number of aromatic amines is 1. The van der Waals surface area contributed by atoms with Crippen LogP contribution in [0.3, 0.4) is 0 Å². The molecule has 1 spiro atoms. The number of rotatable bonds is 6. The number of carbonyl (C=O) groups is 2. The number of likely N-dealkylation sites (tertiary alicyclic amines) is 1. The average molecular weight is 736 g/mol. The van der Waals surface area contributed by atoms with E-state index < -0.39 is 46.1 Å². The first kappa shape index (κ1) is 36.8. The van der Waals surface area contributed by atoms with Gasteiger partial charge < -0.3 is 35.7 Å². The van der Waals surface area contributed by atoms with E-state index in [4.69, 9.17) is 16.9 Å². The first-order chi connectivity index (χ1) is 25.8. The molecule has 6 N–H and O–H groups in total. The van der Waals surface area contributed by atoms with Gasteiger partial charge in [0.25, 0.3) is 5.91 Å². The lowest BCUT2D eigenvalue weighted by molar-refractivity contribution is -0.220. The van der Waals surface area contributed by atoms with Gasteiger partial charge in [0.05, 0.1) is 30.0 Å². The van der Waals surface area contributed by atoms with Crippen LogP contribution in [-0.4, -0.2) is 123 Å². The summed E-state index contributed by atoms with van der Waals surface area (Å²) >= 11 is 0. The number of primary amides is 1. The molecular weight excluding hydrogens is 683 g/mol. The lowest BCUT2D eigenvalue weighted by Crippen LogP contribution is -2.79. The van der Waals surface area contributed by atoms with E-state index in [1.54, 1.807) is 6.08 Å². The van der Waals surface area contributed by atoms with Crippen LogP contribution in [0.25, 0.3) is 16.5 Å². The molecule has 1 aromatic carbocycles. The number of hydrogen-bond acceptors (Lipinski definition) is 9. The minimum atomic E-state index is -2.31. The second kappa shape index (κ2) is 13.0. The van der Waals surface area contributed by atoms with Crippen LogP contribution in [-0.2, 0) is 20.7 Å². The second-order valence-corrected chi connectivity index (χ2v) is 16.6. The number of terminal acetylenes is 1. The summed E-state index contributed by atoms with van der Waals surface area (Å²) in [6.45, 7) is 7.27. The number of aromatic nitrogens is 1. The minimum absolute atomic E-state index is 0.192. The van der Waals surface area contributed by atoms with Gasteiger partial charge in [0.1, 0.15) is 6.10 Å². The van der Waals surface area contributed by atoms with Crippen molar-refractivity contribution >= 4 is 28.4 Å². The molecule has 8 rings (SSSR count). The smallest absolute Gasteiger partial charge is 0.339 e. The third kappa shape index (κ3) is 4.86. The van der Waals surface area contributed by atoms with Gasteiger partial charge in [-0.05, 0) is 73.8 Å². The minimum Gasteiger partial charge on any atom is -0.465 e. The van der Waals surface area contributed by atoms with E-state index in [0.29, 0.717) is 76.0 Å². The van der Waals surface area contributed by atoms with Gasteiger partial charge in [0, 0.05) is 72.8 Å². The van der Waals surface area contributed by atoms with Crippen LogP contribution >= 0.6 is 0 Å². The van der Waals surface area contributed by atoms with Crippen LogP contribution in [0.5, 0.6) is 0 Å². The van der Waals surface area contributed by atoms with Gasteiger partial charge in [-0.1, -0.05) is 56.2 Å². The zero-order valence-corrected chi connectivity index (χ0v) is 31.8. The Bertz CT molecular complexity index is 2080. The maximum atomic E-state index is 14.3. The van der Waals surface area contributed by atoms with E-state index >= 15 is 0 Å². The van der Waals surface area contributed by atoms with Crippen molar-refractivity contribution in [1.82, 2.24) is 19.7 Å². The number of aliphatic hydroxyl groups is 3. The number of piperidine rings is 1. The zero-order valence-electron chi connectivity index (χ0n) is 31.8. The van der Waals surface area contributed by atoms with E-state index in [1.165, 1.54) is 7.11 Å². The molecule has 0 radical (unpaired) electrons. The van der Waals surface area contributed by atoms with Crippen molar-refractivity contribution in [2.24, 2.45) is 22.5 Å². The summed E-state index contributed by atoms with van der Waals surface area (Å²) in [5, 5.41) is 37.9. The molecule has 5 aliphatic heterocycles. The number of methoxy groups -OCH3 is 1. The fraction of sp³-hybridized carbons (Fsp3) is 0.535. The number of ether oxygens (including phenoxy) is 1. The Hall–Kier alpha value is -4.18. The van der Waals surface area contributed by atoms with Gasteiger partial charge in [0.2, 0.25) is 0 Å². The maximum Gasteiger partial charge on any atom is 0.339 e. The Labute approximate surface area is 317 Å². The lowest BCUT2D eigenvalue weighted by Gasteiger charge is -2.63. The highest BCUT2D eigenvalue weighted by Crippen LogP contribution is 2.68. The number of benzene rings is 1. The predicted molar refractivity (Wildman–Crippen MR) is 206 cm³/mol. The molecule has 286 valence electrons. The molecule has 11 nitrogen and oxygen atoms in total. The van der Waals surface area contributed by atoms with Crippen LogP contribution in [0.1, 0.15) is 57.2 Å². The Morgan fingerprint density at radius 2 is 1.94 bits per heavy atom. The normalized spacial score (nSPS) is 40.1. The number of nitrogens with one attached hydrogen (secondary N) is 1. The quantitative estimate of drug-likeness (QED) is 0.171. The molecule has 4 fully saturated rings. The number of allylic oxidation sites excluding steroid dienone is 3. The van der Waals surface area contributed by atoms with Crippen LogP contribution in [0.2, 0.25) is 0 Å². The number of fused-ring (bicyclic) bond motifs is 5. The predicted octanol–water partition coefficient (Wildman–Crippen LogP) is 2.88. The molecule has 54 heavy (non-hydrogen) atoms. The third-order valence-corrected chi connectivity index (χ3v) is 14.3. The fourth-order valence-corrected chi connectivity index (χ4v) is 12.0. The Balaban J connectivity index is 1.40. The highest BCUT2D eigenvalue weighted by atomic mass is 16.5.